The Labute approximate surface area is 111 Å². The van der Waals surface area contributed by atoms with Gasteiger partial charge in [0.1, 0.15) is 4.88 Å². The Morgan fingerprint density at radius 3 is 3.17 bits per heavy atom. The molecule has 1 aromatic heterocycles. The molecule has 3 heterocycles. The van der Waals surface area contributed by atoms with E-state index >= 15 is 0 Å². The molecule has 1 aromatic rings. The van der Waals surface area contributed by atoms with E-state index in [4.69, 9.17) is 5.11 Å². The maximum absolute atomic E-state index is 11.1. The summed E-state index contributed by atoms with van der Waals surface area (Å²) in [6.07, 6.45) is 2.61. The number of rotatable bonds is 3. The SMILES string of the molecule is O=C(O)c1sccc1CN1CCN2CCCC2C1. The van der Waals surface area contributed by atoms with Gasteiger partial charge in [0, 0.05) is 32.2 Å². The average Bonchev–Trinajstić information content (AvgIpc) is 2.96. The number of carbonyl (C=O) groups is 1. The lowest BCUT2D eigenvalue weighted by Crippen LogP contribution is -2.49. The summed E-state index contributed by atoms with van der Waals surface area (Å²) >= 11 is 1.33. The Kier molecular flexibility index (Phi) is 3.37. The summed E-state index contributed by atoms with van der Waals surface area (Å²) in [6, 6.07) is 2.65. The first kappa shape index (κ1) is 12.1. The number of hydrogen-bond donors (Lipinski definition) is 1. The second-order valence-corrected chi connectivity index (χ2v) is 6.06. The average molecular weight is 266 g/mol. The molecule has 2 aliphatic rings. The van der Waals surface area contributed by atoms with Gasteiger partial charge < -0.3 is 5.11 Å². The van der Waals surface area contributed by atoms with Crippen LogP contribution in [0, 0.1) is 0 Å². The van der Waals surface area contributed by atoms with Gasteiger partial charge in [0.15, 0.2) is 0 Å². The molecule has 0 amide bonds. The minimum Gasteiger partial charge on any atom is -0.477 e. The molecule has 1 N–H and O–H groups in total. The Hall–Kier alpha value is -0.910. The fraction of sp³-hybridized carbons (Fsp3) is 0.615. The molecule has 1 atom stereocenters. The quantitative estimate of drug-likeness (QED) is 0.905. The van der Waals surface area contributed by atoms with Crippen LogP contribution in [0.1, 0.15) is 28.1 Å². The van der Waals surface area contributed by atoms with Gasteiger partial charge in [-0.05, 0) is 36.4 Å². The molecular formula is C13H18N2O2S. The number of nitrogens with zero attached hydrogens (tertiary/aromatic N) is 2. The number of hydrogen-bond acceptors (Lipinski definition) is 4. The number of carboxylic acid groups (broad SMARTS) is 1. The van der Waals surface area contributed by atoms with Crippen molar-refractivity contribution in [2.75, 3.05) is 26.2 Å². The van der Waals surface area contributed by atoms with Crippen LogP contribution in [0.2, 0.25) is 0 Å². The van der Waals surface area contributed by atoms with E-state index in [1.54, 1.807) is 0 Å². The summed E-state index contributed by atoms with van der Waals surface area (Å²) in [4.78, 5) is 16.6. The van der Waals surface area contributed by atoms with Crippen LogP contribution < -0.4 is 0 Å². The van der Waals surface area contributed by atoms with Gasteiger partial charge in [-0.15, -0.1) is 11.3 Å². The van der Waals surface area contributed by atoms with E-state index in [2.05, 4.69) is 9.80 Å². The van der Waals surface area contributed by atoms with Crippen LogP contribution in [-0.4, -0.2) is 53.1 Å². The van der Waals surface area contributed by atoms with Gasteiger partial charge in [0.25, 0.3) is 0 Å². The normalized spacial score (nSPS) is 25.2. The van der Waals surface area contributed by atoms with Crippen molar-refractivity contribution in [2.24, 2.45) is 0 Å². The third kappa shape index (κ3) is 2.30. The third-order valence-corrected chi connectivity index (χ3v) is 4.95. The van der Waals surface area contributed by atoms with E-state index < -0.39 is 5.97 Å². The topological polar surface area (TPSA) is 43.8 Å². The van der Waals surface area contributed by atoms with E-state index in [0.29, 0.717) is 10.9 Å². The largest absolute Gasteiger partial charge is 0.477 e. The maximum atomic E-state index is 11.1. The predicted molar refractivity (Wildman–Crippen MR) is 71.2 cm³/mol. The molecule has 4 nitrogen and oxygen atoms in total. The molecule has 0 aromatic carbocycles. The van der Waals surface area contributed by atoms with Crippen LogP contribution in [0.25, 0.3) is 0 Å². The maximum Gasteiger partial charge on any atom is 0.346 e. The van der Waals surface area contributed by atoms with Crippen molar-refractivity contribution in [1.82, 2.24) is 9.80 Å². The summed E-state index contributed by atoms with van der Waals surface area (Å²) < 4.78 is 0. The zero-order valence-corrected chi connectivity index (χ0v) is 11.2. The molecule has 1 unspecified atom stereocenters. The van der Waals surface area contributed by atoms with Crippen molar-refractivity contribution in [3.05, 3.63) is 21.9 Å². The van der Waals surface area contributed by atoms with Crippen LogP contribution >= 0.6 is 11.3 Å². The smallest absolute Gasteiger partial charge is 0.346 e. The molecular weight excluding hydrogens is 248 g/mol. The molecule has 0 radical (unpaired) electrons. The van der Waals surface area contributed by atoms with Crippen molar-refractivity contribution in [3.63, 3.8) is 0 Å². The first-order chi connectivity index (χ1) is 8.74. The highest BCUT2D eigenvalue weighted by Crippen LogP contribution is 2.24. The van der Waals surface area contributed by atoms with E-state index in [-0.39, 0.29) is 0 Å². The number of thiophene rings is 1. The van der Waals surface area contributed by atoms with Crippen molar-refractivity contribution >= 4 is 17.3 Å². The van der Waals surface area contributed by atoms with E-state index in [1.807, 2.05) is 11.4 Å². The Morgan fingerprint density at radius 2 is 2.33 bits per heavy atom. The number of fused-ring (bicyclic) bond motifs is 1. The van der Waals surface area contributed by atoms with Gasteiger partial charge in [-0.3, -0.25) is 9.80 Å². The second kappa shape index (κ2) is 4.99. The minimum absolute atomic E-state index is 0.504. The first-order valence-electron chi connectivity index (χ1n) is 6.50. The van der Waals surface area contributed by atoms with Crippen LogP contribution in [0.5, 0.6) is 0 Å². The van der Waals surface area contributed by atoms with Gasteiger partial charge >= 0.3 is 5.97 Å². The monoisotopic (exact) mass is 266 g/mol. The zero-order valence-electron chi connectivity index (χ0n) is 10.3. The molecule has 2 fully saturated rings. The van der Waals surface area contributed by atoms with E-state index in [0.717, 1.165) is 31.7 Å². The lowest BCUT2D eigenvalue weighted by Gasteiger charge is -2.37. The number of aromatic carboxylic acids is 1. The Morgan fingerprint density at radius 1 is 1.44 bits per heavy atom. The van der Waals surface area contributed by atoms with Crippen molar-refractivity contribution < 1.29 is 9.90 Å². The highest BCUT2D eigenvalue weighted by molar-refractivity contribution is 7.12. The molecule has 0 saturated carbocycles. The van der Waals surface area contributed by atoms with Gasteiger partial charge in [0.05, 0.1) is 0 Å². The van der Waals surface area contributed by atoms with Crippen LogP contribution in [-0.2, 0) is 6.54 Å². The fourth-order valence-electron chi connectivity index (χ4n) is 3.09. The molecule has 18 heavy (non-hydrogen) atoms. The second-order valence-electron chi connectivity index (χ2n) is 5.15. The van der Waals surface area contributed by atoms with Crippen molar-refractivity contribution in [1.29, 1.82) is 0 Å². The minimum atomic E-state index is -0.792. The molecule has 2 saturated heterocycles. The van der Waals surface area contributed by atoms with E-state index in [1.165, 1.54) is 30.7 Å². The van der Waals surface area contributed by atoms with Crippen LogP contribution in [0.4, 0.5) is 0 Å². The van der Waals surface area contributed by atoms with E-state index in [9.17, 15) is 4.79 Å². The summed E-state index contributed by atoms with van der Waals surface area (Å²) in [7, 11) is 0. The first-order valence-corrected chi connectivity index (χ1v) is 7.38. The van der Waals surface area contributed by atoms with Crippen molar-refractivity contribution in [2.45, 2.75) is 25.4 Å². The molecule has 5 heteroatoms. The van der Waals surface area contributed by atoms with Gasteiger partial charge in [0.2, 0.25) is 0 Å². The molecule has 0 aliphatic carbocycles. The highest BCUT2D eigenvalue weighted by Gasteiger charge is 2.30. The zero-order chi connectivity index (χ0) is 12.5. The molecule has 2 aliphatic heterocycles. The third-order valence-electron chi connectivity index (χ3n) is 4.01. The van der Waals surface area contributed by atoms with Gasteiger partial charge in [-0.25, -0.2) is 4.79 Å². The standard InChI is InChI=1S/C13H18N2O2S/c16-13(17)12-10(3-7-18-12)8-14-5-6-15-4-1-2-11(15)9-14/h3,7,11H,1-2,4-6,8-9H2,(H,16,17). The predicted octanol–water partition coefficient (Wildman–Crippen LogP) is 1.73. The van der Waals surface area contributed by atoms with Gasteiger partial charge in [-0.1, -0.05) is 0 Å². The lowest BCUT2D eigenvalue weighted by molar-refractivity contribution is 0.0696. The van der Waals surface area contributed by atoms with Crippen molar-refractivity contribution in [3.8, 4) is 0 Å². The fourth-order valence-corrected chi connectivity index (χ4v) is 3.84. The Balaban J connectivity index is 1.66. The van der Waals surface area contributed by atoms with Crippen LogP contribution in [0.15, 0.2) is 11.4 Å². The highest BCUT2D eigenvalue weighted by atomic mass is 32.1. The Bertz CT molecular complexity index is 446. The summed E-state index contributed by atoms with van der Waals surface area (Å²) in [5.74, 6) is -0.792. The summed E-state index contributed by atoms with van der Waals surface area (Å²) in [5, 5.41) is 11.0. The lowest BCUT2D eigenvalue weighted by atomic mass is 10.1. The number of carboxylic acids is 1. The summed E-state index contributed by atoms with van der Waals surface area (Å²) in [6.45, 7) is 5.32. The number of piperazine rings is 1. The van der Waals surface area contributed by atoms with Gasteiger partial charge in [-0.2, -0.15) is 0 Å². The molecule has 0 bridgehead atoms. The molecule has 98 valence electrons. The molecule has 3 rings (SSSR count). The van der Waals surface area contributed by atoms with Crippen LogP contribution in [0.3, 0.4) is 0 Å². The molecule has 0 spiro atoms. The summed E-state index contributed by atoms with van der Waals surface area (Å²) in [5.41, 5.74) is 0.971.